The van der Waals surface area contributed by atoms with Gasteiger partial charge >= 0.3 is 0 Å². The van der Waals surface area contributed by atoms with E-state index in [0.717, 1.165) is 0 Å². The monoisotopic (exact) mass is 222 g/mol. The predicted molar refractivity (Wildman–Crippen MR) is 52.8 cm³/mol. The molecular weight excluding hydrogens is 218 g/mol. The molecule has 0 saturated carbocycles. The van der Waals surface area contributed by atoms with Gasteiger partial charge in [0.2, 0.25) is 0 Å². The first-order valence-corrected chi connectivity index (χ1v) is 4.24. The van der Waals surface area contributed by atoms with E-state index in [1.165, 1.54) is 18.2 Å². The van der Waals surface area contributed by atoms with Crippen molar-refractivity contribution in [2.75, 3.05) is 0 Å². The van der Waals surface area contributed by atoms with Crippen LogP contribution in [0.25, 0.3) is 6.08 Å². The Kier molecular flexibility index (Phi) is 3.27. The van der Waals surface area contributed by atoms with Crippen LogP contribution in [0.2, 0.25) is 5.02 Å². The summed E-state index contributed by atoms with van der Waals surface area (Å²) in [5.74, 6) is 0.114. The Morgan fingerprint density at radius 1 is 1.33 bits per heavy atom. The number of benzene rings is 1. The highest BCUT2D eigenvalue weighted by atomic mass is 35.5. The van der Waals surface area contributed by atoms with Crippen molar-refractivity contribution in [2.24, 2.45) is 0 Å². The second kappa shape index (κ2) is 4.04. The van der Waals surface area contributed by atoms with Crippen LogP contribution in [0.4, 0.5) is 0 Å². The summed E-state index contributed by atoms with van der Waals surface area (Å²) in [4.78, 5) is 0. The molecule has 0 radical (unpaired) electrons. The molecule has 1 N–H and O–H groups in total. The summed E-state index contributed by atoms with van der Waals surface area (Å²) in [5, 5.41) is 9.41. The largest absolute Gasteiger partial charge is 0.508 e. The molecule has 1 aromatic carbocycles. The minimum absolute atomic E-state index is 0.114. The third kappa shape index (κ3) is 2.59. The van der Waals surface area contributed by atoms with Gasteiger partial charge in [0.25, 0.3) is 0 Å². The van der Waals surface area contributed by atoms with Gasteiger partial charge in [-0.2, -0.15) is 0 Å². The van der Waals surface area contributed by atoms with E-state index in [9.17, 15) is 0 Å². The Bertz CT molecular complexity index is 316. The molecule has 0 amide bonds. The molecule has 12 heavy (non-hydrogen) atoms. The summed E-state index contributed by atoms with van der Waals surface area (Å²) < 4.78 is 0.127. The zero-order chi connectivity index (χ0) is 9.14. The Balaban J connectivity index is 3.10. The Labute approximate surface area is 85.2 Å². The summed E-state index contributed by atoms with van der Waals surface area (Å²) >= 11 is 16.6. The SMILES string of the molecule is Oc1ccc(C=C(Cl)Cl)c(Cl)c1. The molecule has 64 valence electrons. The smallest absolute Gasteiger partial charge is 0.117 e. The number of hydrogen-bond donors (Lipinski definition) is 1. The molecule has 0 aliphatic heterocycles. The highest BCUT2D eigenvalue weighted by Crippen LogP contribution is 2.25. The van der Waals surface area contributed by atoms with Crippen molar-refractivity contribution >= 4 is 40.9 Å². The van der Waals surface area contributed by atoms with Gasteiger partial charge in [-0.05, 0) is 29.8 Å². The Morgan fingerprint density at radius 3 is 2.50 bits per heavy atom. The number of rotatable bonds is 1. The van der Waals surface area contributed by atoms with Gasteiger partial charge in [-0.3, -0.25) is 0 Å². The van der Waals surface area contributed by atoms with Gasteiger partial charge in [0.05, 0.1) is 5.02 Å². The number of phenolic OH excluding ortho intramolecular Hbond substituents is 1. The maximum absolute atomic E-state index is 9.00. The lowest BCUT2D eigenvalue weighted by Gasteiger charge is -1.98. The average molecular weight is 223 g/mol. The van der Waals surface area contributed by atoms with Crippen LogP contribution in [0, 0.1) is 0 Å². The number of hydrogen-bond acceptors (Lipinski definition) is 1. The van der Waals surface area contributed by atoms with E-state index in [4.69, 9.17) is 39.9 Å². The van der Waals surface area contributed by atoms with Crippen molar-refractivity contribution in [1.82, 2.24) is 0 Å². The minimum Gasteiger partial charge on any atom is -0.508 e. The van der Waals surface area contributed by atoms with Crippen LogP contribution in [0.5, 0.6) is 5.75 Å². The summed E-state index contributed by atoms with van der Waals surface area (Å²) in [6, 6.07) is 4.56. The van der Waals surface area contributed by atoms with E-state index in [0.29, 0.717) is 10.6 Å². The second-order valence-corrected chi connectivity index (χ2v) is 3.55. The zero-order valence-corrected chi connectivity index (χ0v) is 8.16. The number of aromatic hydroxyl groups is 1. The molecule has 0 heterocycles. The van der Waals surface area contributed by atoms with Crippen molar-refractivity contribution in [3.63, 3.8) is 0 Å². The van der Waals surface area contributed by atoms with Gasteiger partial charge in [-0.15, -0.1) is 0 Å². The second-order valence-electron chi connectivity index (χ2n) is 2.14. The molecule has 1 rings (SSSR count). The fraction of sp³-hybridized carbons (Fsp3) is 0. The molecule has 0 aromatic heterocycles. The lowest BCUT2D eigenvalue weighted by atomic mass is 10.2. The third-order valence-electron chi connectivity index (χ3n) is 1.25. The fourth-order valence-corrected chi connectivity index (χ4v) is 1.22. The topological polar surface area (TPSA) is 20.2 Å². The molecule has 0 saturated heterocycles. The lowest BCUT2D eigenvalue weighted by Crippen LogP contribution is -1.74. The van der Waals surface area contributed by atoms with Crippen LogP contribution >= 0.6 is 34.8 Å². The van der Waals surface area contributed by atoms with Crippen molar-refractivity contribution in [2.45, 2.75) is 0 Å². The highest BCUT2D eigenvalue weighted by molar-refractivity contribution is 6.57. The molecule has 0 aliphatic rings. The van der Waals surface area contributed by atoms with Crippen molar-refractivity contribution < 1.29 is 5.11 Å². The van der Waals surface area contributed by atoms with Gasteiger partial charge in [-0.1, -0.05) is 34.8 Å². The van der Waals surface area contributed by atoms with Gasteiger partial charge in [0.1, 0.15) is 10.2 Å². The van der Waals surface area contributed by atoms with E-state index < -0.39 is 0 Å². The normalized spacial score (nSPS) is 9.58. The van der Waals surface area contributed by atoms with Crippen LogP contribution in [-0.4, -0.2) is 5.11 Å². The van der Waals surface area contributed by atoms with E-state index in [2.05, 4.69) is 0 Å². The van der Waals surface area contributed by atoms with Gasteiger partial charge in [0.15, 0.2) is 0 Å². The molecular formula is C8H5Cl3O. The molecule has 1 nitrogen and oxygen atoms in total. The first-order chi connectivity index (χ1) is 5.59. The zero-order valence-electron chi connectivity index (χ0n) is 5.89. The lowest BCUT2D eigenvalue weighted by molar-refractivity contribution is 0.475. The summed E-state index contributed by atoms with van der Waals surface area (Å²) in [6.45, 7) is 0. The standard InChI is InChI=1S/C8H5Cl3O/c9-7-4-6(12)2-1-5(7)3-8(10)11/h1-4,12H. The summed E-state index contributed by atoms with van der Waals surface area (Å²) in [5.41, 5.74) is 0.675. The van der Waals surface area contributed by atoms with E-state index >= 15 is 0 Å². The Morgan fingerprint density at radius 2 is 2.00 bits per heavy atom. The molecule has 0 unspecified atom stereocenters. The molecule has 0 spiro atoms. The maximum atomic E-state index is 9.00. The van der Waals surface area contributed by atoms with Crippen LogP contribution in [0.3, 0.4) is 0 Å². The molecule has 0 aliphatic carbocycles. The van der Waals surface area contributed by atoms with E-state index in [1.54, 1.807) is 6.07 Å². The molecule has 0 atom stereocenters. The van der Waals surface area contributed by atoms with E-state index in [1.807, 2.05) is 0 Å². The molecule has 0 bridgehead atoms. The average Bonchev–Trinajstić information content (AvgIpc) is 1.94. The summed E-state index contributed by atoms with van der Waals surface area (Å²) in [7, 11) is 0. The van der Waals surface area contributed by atoms with Gasteiger partial charge in [-0.25, -0.2) is 0 Å². The van der Waals surface area contributed by atoms with Crippen LogP contribution in [0.1, 0.15) is 5.56 Å². The van der Waals surface area contributed by atoms with Crippen molar-refractivity contribution in [3.05, 3.63) is 33.3 Å². The van der Waals surface area contributed by atoms with Crippen LogP contribution in [-0.2, 0) is 0 Å². The quantitative estimate of drug-likeness (QED) is 0.767. The third-order valence-corrected chi connectivity index (χ3v) is 1.79. The molecule has 1 aromatic rings. The van der Waals surface area contributed by atoms with Crippen molar-refractivity contribution in [1.29, 1.82) is 0 Å². The van der Waals surface area contributed by atoms with Crippen LogP contribution in [0.15, 0.2) is 22.7 Å². The predicted octanol–water partition coefficient (Wildman–Crippen LogP) is 3.82. The maximum Gasteiger partial charge on any atom is 0.117 e. The van der Waals surface area contributed by atoms with Gasteiger partial charge < -0.3 is 5.11 Å². The van der Waals surface area contributed by atoms with Gasteiger partial charge in [0, 0.05) is 0 Å². The van der Waals surface area contributed by atoms with Crippen molar-refractivity contribution in [3.8, 4) is 5.75 Å². The highest BCUT2D eigenvalue weighted by Gasteiger charge is 1.98. The fourth-order valence-electron chi connectivity index (χ4n) is 0.751. The molecule has 4 heteroatoms. The number of halogens is 3. The first-order valence-electron chi connectivity index (χ1n) is 3.11. The summed E-state index contributed by atoms with van der Waals surface area (Å²) in [6.07, 6.45) is 1.50. The Hall–Kier alpha value is -0.370. The molecule has 0 fully saturated rings. The number of phenols is 1. The van der Waals surface area contributed by atoms with Crippen LogP contribution < -0.4 is 0 Å². The first kappa shape index (κ1) is 9.72. The minimum atomic E-state index is 0.114. The van der Waals surface area contributed by atoms with E-state index in [-0.39, 0.29) is 10.2 Å².